The number of hydrogen-bond acceptors (Lipinski definition) is 1. The van der Waals surface area contributed by atoms with Crippen LogP contribution in [0.25, 0.3) is 0 Å². The van der Waals surface area contributed by atoms with Crippen molar-refractivity contribution in [2.24, 2.45) is 4.99 Å². The van der Waals surface area contributed by atoms with Crippen LogP contribution in [-0.2, 0) is 0 Å². The average Bonchev–Trinajstić information content (AvgIpc) is 1.61. The Hall–Kier alpha value is -0.530. The van der Waals surface area contributed by atoms with Gasteiger partial charge in [0.1, 0.15) is 5.84 Å². The van der Waals surface area contributed by atoms with Crippen molar-refractivity contribution in [2.45, 2.75) is 20.3 Å². The normalized spacial score (nSPS) is 12.0. The summed E-state index contributed by atoms with van der Waals surface area (Å²) in [6.45, 7) is 4.54. The molecule has 1 N–H and O–H groups in total. The zero-order valence-corrected chi connectivity index (χ0v) is 4.86. The van der Waals surface area contributed by atoms with Crippen molar-refractivity contribution in [3.63, 3.8) is 0 Å². The topological polar surface area (TPSA) is 36.2 Å². The van der Waals surface area contributed by atoms with E-state index in [1.54, 1.807) is 6.92 Å². The Labute approximate surface area is 44.4 Å². The molecule has 0 spiro atoms. The van der Waals surface area contributed by atoms with Gasteiger partial charge in [-0.05, 0) is 13.3 Å². The van der Waals surface area contributed by atoms with Crippen LogP contribution in [0.4, 0.5) is 0 Å². The molecule has 0 aromatic heterocycles. The van der Waals surface area contributed by atoms with E-state index in [4.69, 9.17) is 5.73 Å². The lowest BCUT2D eigenvalue weighted by Gasteiger charge is -1.84. The SMILES string of the molecule is CCC/N=C(/C)[NH]. The lowest BCUT2D eigenvalue weighted by molar-refractivity contribution is 0.928. The summed E-state index contributed by atoms with van der Waals surface area (Å²) in [5.41, 5.74) is 6.83. The van der Waals surface area contributed by atoms with E-state index in [1.807, 2.05) is 6.92 Å². The van der Waals surface area contributed by atoms with Gasteiger partial charge in [-0.15, -0.1) is 0 Å². The highest BCUT2D eigenvalue weighted by Gasteiger charge is 1.75. The second-order valence-corrected chi connectivity index (χ2v) is 1.47. The van der Waals surface area contributed by atoms with Crippen molar-refractivity contribution in [3.8, 4) is 0 Å². The Kier molecular flexibility index (Phi) is 3.38. The number of hydrogen-bond donors (Lipinski definition) is 0. The maximum Gasteiger partial charge on any atom is 0.112 e. The molecule has 0 bridgehead atoms. The first-order valence-electron chi connectivity index (χ1n) is 2.50. The maximum absolute atomic E-state index is 6.83. The third-order valence-corrected chi connectivity index (χ3v) is 0.573. The summed E-state index contributed by atoms with van der Waals surface area (Å²) >= 11 is 0. The van der Waals surface area contributed by atoms with Gasteiger partial charge in [0.05, 0.1) is 0 Å². The quantitative estimate of drug-likeness (QED) is 0.367. The van der Waals surface area contributed by atoms with Gasteiger partial charge in [-0.2, -0.15) is 0 Å². The van der Waals surface area contributed by atoms with Crippen LogP contribution in [-0.4, -0.2) is 12.4 Å². The first-order chi connectivity index (χ1) is 3.27. The van der Waals surface area contributed by atoms with Gasteiger partial charge in [0.25, 0.3) is 0 Å². The van der Waals surface area contributed by atoms with Gasteiger partial charge in [-0.3, -0.25) is 10.7 Å². The van der Waals surface area contributed by atoms with E-state index in [9.17, 15) is 0 Å². The molecule has 0 heterocycles. The Morgan fingerprint density at radius 1 is 1.71 bits per heavy atom. The zero-order valence-electron chi connectivity index (χ0n) is 4.86. The van der Waals surface area contributed by atoms with Crippen LogP contribution in [0.2, 0.25) is 0 Å². The molecule has 0 unspecified atom stereocenters. The molecule has 2 nitrogen and oxygen atoms in total. The molecular weight excluding hydrogens is 88.1 g/mol. The van der Waals surface area contributed by atoms with E-state index >= 15 is 0 Å². The number of nitrogens with zero attached hydrogens (tertiary/aromatic N) is 1. The minimum atomic E-state index is 0.432. The summed E-state index contributed by atoms with van der Waals surface area (Å²) in [7, 11) is 0. The minimum Gasteiger partial charge on any atom is -0.287 e. The van der Waals surface area contributed by atoms with E-state index in [0.29, 0.717) is 5.84 Å². The third kappa shape index (κ3) is 5.47. The van der Waals surface area contributed by atoms with E-state index in [2.05, 4.69) is 4.99 Å². The van der Waals surface area contributed by atoms with E-state index in [-0.39, 0.29) is 0 Å². The van der Waals surface area contributed by atoms with Crippen molar-refractivity contribution in [3.05, 3.63) is 0 Å². The second kappa shape index (κ2) is 3.65. The second-order valence-electron chi connectivity index (χ2n) is 1.47. The number of amidine groups is 1. The highest BCUT2D eigenvalue weighted by Crippen LogP contribution is 1.76. The van der Waals surface area contributed by atoms with Gasteiger partial charge in [-0.25, -0.2) is 0 Å². The van der Waals surface area contributed by atoms with Crippen molar-refractivity contribution >= 4 is 5.84 Å². The maximum atomic E-state index is 6.83. The van der Waals surface area contributed by atoms with Crippen molar-refractivity contribution in [2.75, 3.05) is 6.54 Å². The first-order valence-corrected chi connectivity index (χ1v) is 2.50. The Balaban J connectivity index is 3.08. The minimum absolute atomic E-state index is 0.432. The molecule has 0 fully saturated rings. The molecule has 0 aliphatic carbocycles. The van der Waals surface area contributed by atoms with Gasteiger partial charge in [0.15, 0.2) is 0 Å². The van der Waals surface area contributed by atoms with Gasteiger partial charge >= 0.3 is 0 Å². The van der Waals surface area contributed by atoms with Crippen molar-refractivity contribution < 1.29 is 0 Å². The summed E-state index contributed by atoms with van der Waals surface area (Å²) in [6, 6.07) is 0. The largest absolute Gasteiger partial charge is 0.287 e. The molecule has 0 atom stereocenters. The summed E-state index contributed by atoms with van der Waals surface area (Å²) in [4.78, 5) is 3.83. The molecule has 0 saturated heterocycles. The monoisotopic (exact) mass is 99.1 g/mol. The predicted molar refractivity (Wildman–Crippen MR) is 31.4 cm³/mol. The van der Waals surface area contributed by atoms with E-state index < -0.39 is 0 Å². The first kappa shape index (κ1) is 6.47. The standard InChI is InChI=1S/C5H11N2/c1-3-4-7-5(2)6/h6H,3-4H2,1-2H3/b7-5-. The fourth-order valence-electron chi connectivity index (χ4n) is 0.280. The number of aliphatic imine (C=N–C) groups is 1. The van der Waals surface area contributed by atoms with Gasteiger partial charge in [0, 0.05) is 6.54 Å². The third-order valence-electron chi connectivity index (χ3n) is 0.573. The van der Waals surface area contributed by atoms with Gasteiger partial charge < -0.3 is 0 Å². The molecule has 0 rings (SSSR count). The van der Waals surface area contributed by atoms with Crippen LogP contribution >= 0.6 is 0 Å². The number of rotatable bonds is 2. The molecule has 0 aliphatic heterocycles. The molecule has 0 saturated carbocycles. The Bertz CT molecular complexity index is 62.5. The summed E-state index contributed by atoms with van der Waals surface area (Å²) in [5, 5.41) is 0. The van der Waals surface area contributed by atoms with Crippen LogP contribution < -0.4 is 5.73 Å². The van der Waals surface area contributed by atoms with Gasteiger partial charge in [-0.1, -0.05) is 6.92 Å². The van der Waals surface area contributed by atoms with Gasteiger partial charge in [0.2, 0.25) is 0 Å². The van der Waals surface area contributed by atoms with Crippen LogP contribution in [0.3, 0.4) is 0 Å². The lowest BCUT2D eigenvalue weighted by Crippen LogP contribution is -1.90. The molecular formula is C5H11N2. The van der Waals surface area contributed by atoms with E-state index in [1.165, 1.54) is 0 Å². The molecule has 0 amide bonds. The highest BCUT2D eigenvalue weighted by atomic mass is 14.8. The van der Waals surface area contributed by atoms with Crippen LogP contribution in [0.15, 0.2) is 4.99 Å². The van der Waals surface area contributed by atoms with Crippen LogP contribution in [0, 0.1) is 0 Å². The van der Waals surface area contributed by atoms with Crippen LogP contribution in [0.1, 0.15) is 20.3 Å². The predicted octanol–water partition coefficient (Wildman–Crippen LogP) is 1.10. The highest BCUT2D eigenvalue weighted by molar-refractivity contribution is 5.76. The summed E-state index contributed by atoms with van der Waals surface area (Å²) < 4.78 is 0. The molecule has 7 heavy (non-hydrogen) atoms. The molecule has 0 aliphatic rings. The van der Waals surface area contributed by atoms with Crippen LogP contribution in [0.5, 0.6) is 0 Å². The molecule has 41 valence electrons. The molecule has 1 radical (unpaired) electrons. The fourth-order valence-corrected chi connectivity index (χ4v) is 0.280. The average molecular weight is 99.2 g/mol. The fraction of sp³-hybridized carbons (Fsp3) is 0.800. The molecule has 2 heteroatoms. The zero-order chi connectivity index (χ0) is 5.70. The number of nitrogens with one attached hydrogen (secondary N) is 1. The molecule has 0 aromatic rings. The smallest absolute Gasteiger partial charge is 0.112 e. The van der Waals surface area contributed by atoms with Crippen molar-refractivity contribution in [1.82, 2.24) is 5.73 Å². The Morgan fingerprint density at radius 3 is 2.43 bits per heavy atom. The van der Waals surface area contributed by atoms with E-state index in [0.717, 1.165) is 13.0 Å². The summed E-state index contributed by atoms with van der Waals surface area (Å²) in [6.07, 6.45) is 1.04. The summed E-state index contributed by atoms with van der Waals surface area (Å²) in [5.74, 6) is 0.432. The molecule has 0 aromatic carbocycles. The van der Waals surface area contributed by atoms with Crippen molar-refractivity contribution in [1.29, 1.82) is 0 Å². The lowest BCUT2D eigenvalue weighted by atomic mass is 10.5. The Morgan fingerprint density at radius 2 is 2.29 bits per heavy atom.